The van der Waals surface area contributed by atoms with Gasteiger partial charge in [0.25, 0.3) is 0 Å². The predicted molar refractivity (Wildman–Crippen MR) is 50.9 cm³/mol. The fourth-order valence-electron chi connectivity index (χ4n) is 0.539. The minimum Gasteiger partial charge on any atom is -1.00 e. The Morgan fingerprint density at radius 1 is 0.909 bits per heavy atom. The zero-order valence-electron chi connectivity index (χ0n) is 8.28. The summed E-state index contributed by atoms with van der Waals surface area (Å²) in [6.07, 6.45) is 0. The van der Waals surface area contributed by atoms with E-state index in [4.69, 9.17) is 0 Å². The number of nitrogens with one attached hydrogen (secondary N) is 1. The van der Waals surface area contributed by atoms with Crippen LogP contribution in [0.25, 0.3) is 0 Å². The Kier molecular flexibility index (Phi) is 36.2. The maximum atomic E-state index is 3.11. The molecule has 0 rings (SSSR count). The van der Waals surface area contributed by atoms with Crippen LogP contribution < -0.4 is 17.7 Å². The van der Waals surface area contributed by atoms with Crippen molar-refractivity contribution in [3.05, 3.63) is 0 Å². The molecule has 1 N–H and O–H groups in total. The average molecular weight is 194 g/mol. The van der Waals surface area contributed by atoms with Gasteiger partial charge in [-0.15, -0.1) is 0 Å². The average Bonchev–Trinajstić information content (AvgIpc) is 1.93. The third-order valence-corrected chi connectivity index (χ3v) is 2.23. The molecule has 0 aliphatic rings. The van der Waals surface area contributed by atoms with E-state index >= 15 is 0 Å². The second kappa shape index (κ2) is 22.4. The van der Waals surface area contributed by atoms with E-state index in [9.17, 15) is 0 Å². The van der Waals surface area contributed by atoms with E-state index in [2.05, 4.69) is 33.0 Å². The zero-order chi connectivity index (χ0) is 8.24. The fraction of sp³-hybridized carbons (Fsp3) is 1.00. The minimum atomic E-state index is 0. The van der Waals surface area contributed by atoms with Gasteiger partial charge in [0, 0.05) is 0 Å². The van der Waals surface area contributed by atoms with Crippen LogP contribution in [-0.2, 0) is 0 Å². The van der Waals surface area contributed by atoms with Gasteiger partial charge < -0.3 is 17.7 Å². The Balaban J connectivity index is -0.000000107. The van der Waals surface area contributed by atoms with E-state index < -0.39 is 0 Å². The fourth-order valence-corrected chi connectivity index (χ4v) is 1.12. The van der Waals surface area contributed by atoms with Gasteiger partial charge in [0.05, 0.1) is 0 Å². The van der Waals surface area contributed by atoms with Crippen LogP contribution in [0.1, 0.15) is 27.7 Å². The Bertz CT molecular complexity index is 35.1. The molecule has 68 valence electrons. The van der Waals surface area contributed by atoms with Crippen LogP contribution in [0.2, 0.25) is 10.6 Å². The number of halogens is 1. The third-order valence-electron chi connectivity index (χ3n) is 1.08. The molecule has 3 heteroatoms. The van der Waals surface area contributed by atoms with Crippen molar-refractivity contribution in [3.63, 3.8) is 0 Å². The first-order valence-corrected chi connectivity index (χ1v) is 5.99. The van der Waals surface area contributed by atoms with Crippen LogP contribution in [0.3, 0.4) is 0 Å². The smallest absolute Gasteiger partial charge is 1.00 e. The molecule has 0 atom stereocenters. The molecule has 0 aromatic rings. The van der Waals surface area contributed by atoms with E-state index in [1.165, 1.54) is 10.6 Å². The summed E-state index contributed by atoms with van der Waals surface area (Å²) >= 11 is 0.815. The maximum Gasteiger partial charge on any atom is -1.00 e. The van der Waals surface area contributed by atoms with E-state index in [1.807, 2.05) is 0 Å². The van der Waals surface area contributed by atoms with Crippen LogP contribution in [0.15, 0.2) is 0 Å². The molecule has 0 saturated heterocycles. The summed E-state index contributed by atoms with van der Waals surface area (Å²) in [6.45, 7) is 10.9. The molecule has 0 fully saturated rings. The van der Waals surface area contributed by atoms with Gasteiger partial charge in [0.2, 0.25) is 0 Å². The van der Waals surface area contributed by atoms with Crippen molar-refractivity contribution >= 4 is 15.2 Å². The first-order valence-electron chi connectivity index (χ1n) is 4.35. The molecule has 0 unspecified atom stereocenters. The van der Waals surface area contributed by atoms with Gasteiger partial charge in [-0.25, -0.2) is 0 Å². The molecule has 0 aliphatic heterocycles. The first kappa shape index (κ1) is 17.8. The summed E-state index contributed by atoms with van der Waals surface area (Å²) in [6, 6.07) is 0. The summed E-state index contributed by atoms with van der Waals surface area (Å²) in [4.78, 5) is 0. The van der Waals surface area contributed by atoms with Crippen molar-refractivity contribution in [1.29, 1.82) is 0 Å². The molecule has 0 saturated carbocycles. The van der Waals surface area contributed by atoms with E-state index in [-0.39, 0.29) is 12.4 Å². The molecular formula is C8H21AlClN. The van der Waals surface area contributed by atoms with Gasteiger partial charge in [-0.3, -0.25) is 0 Å². The summed E-state index contributed by atoms with van der Waals surface area (Å²) < 4.78 is 0. The SMILES string of the molecule is CCNCC.C[CH2][Al+][CH2]C.[Cl-]. The number of hydrogen-bond donors (Lipinski definition) is 1. The topological polar surface area (TPSA) is 12.0 Å². The van der Waals surface area contributed by atoms with Crippen LogP contribution >= 0.6 is 0 Å². The predicted octanol–water partition coefficient (Wildman–Crippen LogP) is -0.813. The van der Waals surface area contributed by atoms with Gasteiger partial charge in [0.1, 0.15) is 0 Å². The van der Waals surface area contributed by atoms with Crippen molar-refractivity contribution in [2.45, 2.75) is 38.3 Å². The quantitative estimate of drug-likeness (QED) is 0.576. The van der Waals surface area contributed by atoms with Gasteiger partial charge in [-0.2, -0.15) is 0 Å². The molecular weight excluding hydrogens is 173 g/mol. The Labute approximate surface area is 84.5 Å². The molecule has 0 radical (unpaired) electrons. The van der Waals surface area contributed by atoms with E-state index in [0.29, 0.717) is 0 Å². The monoisotopic (exact) mass is 193 g/mol. The molecule has 0 aliphatic carbocycles. The standard InChI is InChI=1S/C4H11N.2C2H5.Al.ClH/c1-3-5-4-2;2*1-2;;/h5H,3-4H2,1-2H3;2*1H2,2H3;;1H/q;;;+1;/p-1. The van der Waals surface area contributed by atoms with Gasteiger partial charge in [-0.1, -0.05) is 13.8 Å². The minimum absolute atomic E-state index is 0. The number of rotatable bonds is 4. The summed E-state index contributed by atoms with van der Waals surface area (Å²) in [5.74, 6) is 0. The Morgan fingerprint density at radius 3 is 1.27 bits per heavy atom. The molecule has 1 nitrogen and oxygen atoms in total. The van der Waals surface area contributed by atoms with Crippen LogP contribution in [-0.4, -0.2) is 28.3 Å². The first-order chi connectivity index (χ1) is 4.83. The van der Waals surface area contributed by atoms with Crippen molar-refractivity contribution < 1.29 is 12.4 Å². The third kappa shape index (κ3) is 36.4. The van der Waals surface area contributed by atoms with Crippen LogP contribution in [0.4, 0.5) is 0 Å². The maximum absolute atomic E-state index is 3.11. The largest absolute Gasteiger partial charge is 1.00 e. The normalized spacial score (nSPS) is 6.91. The number of hydrogen-bond acceptors (Lipinski definition) is 1. The Hall–Kier alpha value is 0.782. The molecule has 0 bridgehead atoms. The zero-order valence-corrected chi connectivity index (χ0v) is 10.2. The van der Waals surface area contributed by atoms with Crippen molar-refractivity contribution in [2.75, 3.05) is 13.1 Å². The molecule has 0 amide bonds. The van der Waals surface area contributed by atoms with Crippen molar-refractivity contribution in [1.82, 2.24) is 5.32 Å². The second-order valence-electron chi connectivity index (χ2n) is 2.06. The molecule has 0 spiro atoms. The van der Waals surface area contributed by atoms with Crippen molar-refractivity contribution in [2.24, 2.45) is 0 Å². The molecule has 0 aromatic carbocycles. The van der Waals surface area contributed by atoms with E-state index in [1.54, 1.807) is 0 Å². The summed E-state index contributed by atoms with van der Waals surface area (Å²) in [5.41, 5.74) is 0. The second-order valence-corrected chi connectivity index (χ2v) is 4.27. The van der Waals surface area contributed by atoms with Gasteiger partial charge in [0.15, 0.2) is 0 Å². The Morgan fingerprint density at radius 2 is 1.27 bits per heavy atom. The molecule has 11 heavy (non-hydrogen) atoms. The molecule has 0 aromatic heterocycles. The van der Waals surface area contributed by atoms with Gasteiger partial charge >= 0.3 is 39.6 Å². The van der Waals surface area contributed by atoms with E-state index in [0.717, 1.165) is 28.3 Å². The van der Waals surface area contributed by atoms with Crippen LogP contribution in [0, 0.1) is 0 Å². The van der Waals surface area contributed by atoms with Crippen molar-refractivity contribution in [3.8, 4) is 0 Å². The summed E-state index contributed by atoms with van der Waals surface area (Å²) in [5, 5.41) is 5.97. The van der Waals surface area contributed by atoms with Crippen LogP contribution in [0.5, 0.6) is 0 Å². The van der Waals surface area contributed by atoms with Gasteiger partial charge in [-0.05, 0) is 13.1 Å². The molecule has 0 heterocycles. The summed E-state index contributed by atoms with van der Waals surface area (Å²) in [7, 11) is 0.